The zero-order valence-corrected chi connectivity index (χ0v) is 16.1. The Morgan fingerprint density at radius 2 is 2.00 bits per heavy atom. The van der Waals surface area contributed by atoms with Crippen LogP contribution in [-0.2, 0) is 9.53 Å². The minimum absolute atomic E-state index is 0.205. The number of carbonyl (C=O) groups excluding carboxylic acids is 1. The van der Waals surface area contributed by atoms with Crippen LogP contribution >= 0.6 is 0 Å². The largest absolute Gasteiger partial charge is 0.380 e. The van der Waals surface area contributed by atoms with E-state index in [9.17, 15) is 4.79 Å². The quantitative estimate of drug-likeness (QED) is 0.720. The average molecular weight is 340 g/mol. The maximum Gasteiger partial charge on any atom is 0.234 e. The molecule has 1 aliphatic heterocycles. The molecule has 1 saturated heterocycles. The molecule has 1 aliphatic carbocycles. The molecular weight excluding hydrogens is 302 g/mol. The summed E-state index contributed by atoms with van der Waals surface area (Å²) in [6.45, 7) is 15.0. The van der Waals surface area contributed by atoms with Crippen molar-refractivity contribution in [3.05, 3.63) is 0 Å². The van der Waals surface area contributed by atoms with Crippen LogP contribution < -0.4 is 5.32 Å². The molecule has 2 rings (SSSR count). The van der Waals surface area contributed by atoms with E-state index in [1.54, 1.807) is 0 Å². The Morgan fingerprint density at radius 3 is 2.71 bits per heavy atom. The number of nitrogens with zero attached hydrogens (tertiary/aromatic N) is 2. The molecule has 0 unspecified atom stereocenters. The van der Waals surface area contributed by atoms with Gasteiger partial charge in [0.25, 0.3) is 0 Å². The lowest BCUT2D eigenvalue weighted by Gasteiger charge is -2.40. The van der Waals surface area contributed by atoms with Crippen LogP contribution in [0.2, 0.25) is 0 Å². The van der Waals surface area contributed by atoms with Gasteiger partial charge in [0.05, 0.1) is 13.2 Å². The second-order valence-electron chi connectivity index (χ2n) is 7.76. The van der Waals surface area contributed by atoms with Gasteiger partial charge in [-0.3, -0.25) is 14.6 Å². The SMILES string of the molecule is CCOCCN1CCN(CC(=O)N[C@@H]2CCC[C@H](C)[C@@H]2C)C[C@@H]1C. The van der Waals surface area contributed by atoms with Crippen LogP contribution in [0.3, 0.4) is 0 Å². The smallest absolute Gasteiger partial charge is 0.234 e. The average Bonchev–Trinajstić information content (AvgIpc) is 2.54. The van der Waals surface area contributed by atoms with Crippen molar-refractivity contribution in [2.24, 2.45) is 11.8 Å². The fraction of sp³-hybridized carbons (Fsp3) is 0.947. The third kappa shape index (κ3) is 5.71. The highest BCUT2D eigenvalue weighted by atomic mass is 16.5. The van der Waals surface area contributed by atoms with Crippen LogP contribution in [0.15, 0.2) is 0 Å². The number of rotatable bonds is 7. The standard InChI is InChI=1S/C19H37N3O2/c1-5-24-12-11-22-10-9-21(13-16(22)3)14-19(23)20-18-8-6-7-15(2)17(18)4/h15-18H,5-14H2,1-4H3,(H,20,23)/t15-,16-,17-,18+/m0/s1. The molecule has 2 aliphatic rings. The summed E-state index contributed by atoms with van der Waals surface area (Å²) in [6.07, 6.45) is 3.68. The fourth-order valence-electron chi connectivity index (χ4n) is 4.11. The zero-order chi connectivity index (χ0) is 17.5. The van der Waals surface area contributed by atoms with Crippen molar-refractivity contribution in [3.8, 4) is 0 Å². The van der Waals surface area contributed by atoms with Crippen molar-refractivity contribution in [2.45, 2.75) is 59.0 Å². The van der Waals surface area contributed by atoms with Gasteiger partial charge < -0.3 is 10.1 Å². The molecule has 0 aromatic rings. The first-order chi connectivity index (χ1) is 11.5. The van der Waals surface area contributed by atoms with Gasteiger partial charge in [0.15, 0.2) is 0 Å². The molecule has 24 heavy (non-hydrogen) atoms. The zero-order valence-electron chi connectivity index (χ0n) is 16.1. The van der Waals surface area contributed by atoms with E-state index in [0.717, 1.165) is 51.7 Å². The van der Waals surface area contributed by atoms with E-state index in [1.165, 1.54) is 12.8 Å². The van der Waals surface area contributed by atoms with E-state index in [4.69, 9.17) is 4.74 Å². The van der Waals surface area contributed by atoms with Crippen LogP contribution in [0, 0.1) is 11.8 Å². The summed E-state index contributed by atoms with van der Waals surface area (Å²) in [7, 11) is 0. The van der Waals surface area contributed by atoms with Gasteiger partial charge in [-0.25, -0.2) is 0 Å². The number of amides is 1. The summed E-state index contributed by atoms with van der Waals surface area (Å²) in [6, 6.07) is 0.854. The number of ether oxygens (including phenoxy) is 1. The Hall–Kier alpha value is -0.650. The Labute approximate surface area is 148 Å². The molecule has 1 amide bonds. The lowest BCUT2D eigenvalue weighted by molar-refractivity contribution is -0.124. The van der Waals surface area contributed by atoms with Crippen molar-refractivity contribution in [3.63, 3.8) is 0 Å². The van der Waals surface area contributed by atoms with Gasteiger partial charge in [0.2, 0.25) is 5.91 Å². The van der Waals surface area contributed by atoms with E-state index in [1.807, 2.05) is 6.92 Å². The van der Waals surface area contributed by atoms with Gasteiger partial charge in [-0.2, -0.15) is 0 Å². The molecule has 0 bridgehead atoms. The molecule has 1 saturated carbocycles. The summed E-state index contributed by atoms with van der Waals surface area (Å²) in [4.78, 5) is 17.2. The van der Waals surface area contributed by atoms with E-state index in [0.29, 0.717) is 24.5 Å². The van der Waals surface area contributed by atoms with E-state index in [-0.39, 0.29) is 5.91 Å². The lowest BCUT2D eigenvalue weighted by Crippen LogP contribution is -2.55. The van der Waals surface area contributed by atoms with Gasteiger partial charge in [0.1, 0.15) is 0 Å². The molecule has 5 heteroatoms. The number of piperazine rings is 1. The molecule has 0 radical (unpaired) electrons. The Kier molecular flexibility index (Phi) is 7.98. The van der Waals surface area contributed by atoms with Crippen molar-refractivity contribution >= 4 is 5.91 Å². The van der Waals surface area contributed by atoms with E-state index in [2.05, 4.69) is 35.9 Å². The molecule has 5 nitrogen and oxygen atoms in total. The van der Waals surface area contributed by atoms with Gasteiger partial charge in [-0.1, -0.05) is 26.7 Å². The first-order valence-corrected chi connectivity index (χ1v) is 9.84. The van der Waals surface area contributed by atoms with E-state index >= 15 is 0 Å². The first-order valence-electron chi connectivity index (χ1n) is 9.84. The van der Waals surface area contributed by atoms with Crippen LogP contribution in [0.5, 0.6) is 0 Å². The third-order valence-corrected chi connectivity index (χ3v) is 6.00. The Morgan fingerprint density at radius 1 is 1.21 bits per heavy atom. The van der Waals surface area contributed by atoms with Gasteiger partial charge in [-0.15, -0.1) is 0 Å². The molecule has 4 atom stereocenters. The predicted molar refractivity (Wildman–Crippen MR) is 98.1 cm³/mol. The molecule has 1 N–H and O–H groups in total. The topological polar surface area (TPSA) is 44.8 Å². The molecule has 0 aromatic carbocycles. The van der Waals surface area contributed by atoms with E-state index < -0.39 is 0 Å². The van der Waals surface area contributed by atoms with Crippen molar-refractivity contribution in [1.82, 2.24) is 15.1 Å². The molecular formula is C19H37N3O2. The molecule has 0 aromatic heterocycles. The minimum Gasteiger partial charge on any atom is -0.380 e. The molecule has 1 heterocycles. The van der Waals surface area contributed by atoms with Gasteiger partial charge in [0, 0.05) is 44.9 Å². The maximum atomic E-state index is 12.4. The van der Waals surface area contributed by atoms with Gasteiger partial charge >= 0.3 is 0 Å². The normalized spacial score (nSPS) is 32.7. The summed E-state index contributed by atoms with van der Waals surface area (Å²) < 4.78 is 5.46. The Balaban J connectivity index is 1.71. The molecule has 140 valence electrons. The second-order valence-corrected chi connectivity index (χ2v) is 7.76. The summed E-state index contributed by atoms with van der Waals surface area (Å²) in [5.74, 6) is 1.52. The first kappa shape index (κ1) is 19.7. The minimum atomic E-state index is 0.205. The number of carbonyl (C=O) groups is 1. The number of nitrogens with one attached hydrogen (secondary N) is 1. The van der Waals surface area contributed by atoms with Crippen LogP contribution in [-0.4, -0.2) is 73.7 Å². The molecule has 0 spiro atoms. The van der Waals surface area contributed by atoms with Crippen LogP contribution in [0.25, 0.3) is 0 Å². The number of hydrogen-bond acceptors (Lipinski definition) is 4. The highest BCUT2D eigenvalue weighted by Crippen LogP contribution is 2.29. The van der Waals surface area contributed by atoms with Crippen LogP contribution in [0.1, 0.15) is 47.0 Å². The fourth-order valence-corrected chi connectivity index (χ4v) is 4.11. The van der Waals surface area contributed by atoms with Crippen LogP contribution in [0.4, 0.5) is 0 Å². The predicted octanol–water partition coefficient (Wildman–Crippen LogP) is 1.97. The highest BCUT2D eigenvalue weighted by molar-refractivity contribution is 5.78. The monoisotopic (exact) mass is 339 g/mol. The van der Waals surface area contributed by atoms with Crippen molar-refractivity contribution in [1.29, 1.82) is 0 Å². The van der Waals surface area contributed by atoms with Crippen molar-refractivity contribution < 1.29 is 9.53 Å². The second kappa shape index (κ2) is 9.73. The summed E-state index contributed by atoms with van der Waals surface area (Å²) in [5, 5.41) is 3.30. The highest BCUT2D eigenvalue weighted by Gasteiger charge is 2.29. The summed E-state index contributed by atoms with van der Waals surface area (Å²) >= 11 is 0. The Bertz CT molecular complexity index is 391. The molecule has 2 fully saturated rings. The van der Waals surface area contributed by atoms with Gasteiger partial charge in [-0.05, 0) is 32.1 Å². The number of hydrogen-bond donors (Lipinski definition) is 1. The lowest BCUT2D eigenvalue weighted by atomic mass is 9.78. The van der Waals surface area contributed by atoms with Crippen molar-refractivity contribution in [2.75, 3.05) is 45.9 Å². The third-order valence-electron chi connectivity index (χ3n) is 6.00. The maximum absolute atomic E-state index is 12.4. The summed E-state index contributed by atoms with van der Waals surface area (Å²) in [5.41, 5.74) is 0.